The Morgan fingerprint density at radius 2 is 1.98 bits per heavy atom. The molecule has 2 aromatic carbocycles. The summed E-state index contributed by atoms with van der Waals surface area (Å²) < 4.78 is 46.4. The molecule has 2 heterocycles. The molecule has 14 heteroatoms. The number of hydrogen-bond donors (Lipinski definition) is 3. The third-order valence-corrected chi connectivity index (χ3v) is 9.01. The second-order valence-corrected chi connectivity index (χ2v) is 12.3. The van der Waals surface area contributed by atoms with Gasteiger partial charge in [-0.1, -0.05) is 23.9 Å². The van der Waals surface area contributed by atoms with Gasteiger partial charge in [-0.25, -0.2) is 8.42 Å². The fourth-order valence-electron chi connectivity index (χ4n) is 4.52. The van der Waals surface area contributed by atoms with Crippen LogP contribution in [0.3, 0.4) is 0 Å². The van der Waals surface area contributed by atoms with E-state index in [1.54, 1.807) is 13.0 Å². The summed E-state index contributed by atoms with van der Waals surface area (Å²) in [6.45, 7) is 2.39. The second-order valence-electron chi connectivity index (χ2n) is 9.54. The monoisotopic (exact) mass is 605 g/mol. The highest BCUT2D eigenvalue weighted by molar-refractivity contribution is 7.99. The number of nitrogens with zero attached hydrogens (tertiary/aromatic N) is 2. The minimum absolute atomic E-state index is 0.0233. The molecule has 41 heavy (non-hydrogen) atoms. The van der Waals surface area contributed by atoms with E-state index in [-0.39, 0.29) is 49.6 Å². The smallest absolute Gasteiger partial charge is 0.325 e. The number of aliphatic imine (C=N–C) groups is 1. The van der Waals surface area contributed by atoms with Crippen LogP contribution in [0, 0.1) is 0 Å². The number of benzene rings is 2. The number of nitrogens with one attached hydrogen (secondary N) is 1. The molecule has 0 radical (unpaired) electrons. The minimum Gasteiger partial charge on any atom is -0.465 e. The topological polar surface area (TPSA) is 176 Å². The molecule has 0 bridgehead atoms. The van der Waals surface area contributed by atoms with Crippen LogP contribution in [0.5, 0.6) is 11.5 Å². The number of amides is 1. The minimum atomic E-state index is -4.17. The van der Waals surface area contributed by atoms with Gasteiger partial charge in [-0.05, 0) is 62.9 Å². The molecule has 1 fully saturated rings. The second kappa shape index (κ2) is 14.0. The lowest BCUT2D eigenvalue weighted by atomic mass is 10.1. The lowest BCUT2D eigenvalue weighted by molar-refractivity contribution is -0.150. The number of para-hydroxylation sites is 1. The maximum Gasteiger partial charge on any atom is 0.325 e. The first-order chi connectivity index (χ1) is 19.7. The van der Waals surface area contributed by atoms with Crippen molar-refractivity contribution >= 4 is 39.6 Å². The number of esters is 1. The average Bonchev–Trinajstić information content (AvgIpc) is 3.45. The Kier molecular flexibility index (Phi) is 10.5. The van der Waals surface area contributed by atoms with Crippen molar-refractivity contribution in [3.8, 4) is 11.5 Å². The zero-order valence-corrected chi connectivity index (χ0v) is 24.4. The Bertz CT molecular complexity index is 1380. The van der Waals surface area contributed by atoms with Crippen molar-refractivity contribution in [3.63, 3.8) is 0 Å². The van der Waals surface area contributed by atoms with E-state index in [2.05, 4.69) is 9.71 Å². The number of carbonyl (C=O) groups is 2. The van der Waals surface area contributed by atoms with E-state index < -0.39 is 27.9 Å². The van der Waals surface area contributed by atoms with Crippen molar-refractivity contribution < 1.29 is 32.2 Å². The van der Waals surface area contributed by atoms with E-state index in [1.807, 2.05) is 24.3 Å². The van der Waals surface area contributed by atoms with Gasteiger partial charge in [0.2, 0.25) is 15.9 Å². The third kappa shape index (κ3) is 8.35. The SMILES string of the molecule is CCOC(=O)CN(CC1CCCO1)C(=O)[C@H](CCCN=C(N)N)NS(=O)(=O)c1ccc2c(c1)Sc1ccccc1O2. The highest BCUT2D eigenvalue weighted by atomic mass is 32.2. The maximum absolute atomic E-state index is 13.8. The lowest BCUT2D eigenvalue weighted by Crippen LogP contribution is -2.51. The van der Waals surface area contributed by atoms with Crippen LogP contribution in [0.15, 0.2) is 62.1 Å². The summed E-state index contributed by atoms with van der Waals surface area (Å²) in [5, 5.41) is 0. The summed E-state index contributed by atoms with van der Waals surface area (Å²) in [7, 11) is -4.17. The fourth-order valence-corrected chi connectivity index (χ4v) is 6.83. The van der Waals surface area contributed by atoms with Crippen LogP contribution in [0.2, 0.25) is 0 Å². The molecular weight excluding hydrogens is 570 g/mol. The molecule has 0 spiro atoms. The zero-order valence-electron chi connectivity index (χ0n) is 22.8. The first kappa shape index (κ1) is 30.6. The number of carbonyl (C=O) groups excluding carboxylic acids is 2. The zero-order chi connectivity index (χ0) is 29.4. The van der Waals surface area contributed by atoms with Crippen LogP contribution in [0.4, 0.5) is 0 Å². The van der Waals surface area contributed by atoms with Gasteiger partial charge in [0.15, 0.2) is 5.96 Å². The van der Waals surface area contributed by atoms with E-state index >= 15 is 0 Å². The van der Waals surface area contributed by atoms with E-state index in [0.717, 1.165) is 17.7 Å². The fraction of sp³-hybridized carbons (Fsp3) is 0.444. The van der Waals surface area contributed by atoms with Crippen molar-refractivity contribution in [2.24, 2.45) is 16.5 Å². The Hall–Kier alpha value is -3.33. The van der Waals surface area contributed by atoms with E-state index in [0.29, 0.717) is 29.4 Å². The average molecular weight is 606 g/mol. The van der Waals surface area contributed by atoms with Gasteiger partial charge in [0.1, 0.15) is 24.1 Å². The Morgan fingerprint density at radius 3 is 2.71 bits per heavy atom. The molecule has 1 unspecified atom stereocenters. The number of rotatable bonds is 13. The van der Waals surface area contributed by atoms with Crippen LogP contribution < -0.4 is 20.9 Å². The molecule has 0 saturated carbocycles. The highest BCUT2D eigenvalue weighted by Gasteiger charge is 2.33. The third-order valence-electron chi connectivity index (χ3n) is 6.44. The number of nitrogens with two attached hydrogens (primary N) is 2. The van der Waals surface area contributed by atoms with E-state index in [1.165, 1.54) is 28.8 Å². The van der Waals surface area contributed by atoms with E-state index in [9.17, 15) is 18.0 Å². The first-order valence-electron chi connectivity index (χ1n) is 13.4. The number of sulfonamides is 1. The normalized spacial score (nSPS) is 16.6. The number of hydrogen-bond acceptors (Lipinski definition) is 9. The molecule has 2 atom stereocenters. The standard InChI is InChI=1S/C27H35N5O7S2/c1-2-37-25(33)17-32(16-18-7-6-14-38-18)26(34)20(8-5-13-30-27(28)29)31-41(35,36)19-11-12-22-24(15-19)40-23-10-4-3-9-21(23)39-22/h3-4,9-12,15,18,20,31H,2,5-8,13-14,16-17H2,1H3,(H4,28,29,30)/t18?,20-/m0/s1. The number of guanidine groups is 1. The molecule has 12 nitrogen and oxygen atoms in total. The van der Waals surface area contributed by atoms with Crippen LogP contribution in [0.1, 0.15) is 32.6 Å². The predicted octanol–water partition coefficient (Wildman–Crippen LogP) is 2.21. The van der Waals surface area contributed by atoms with Crippen LogP contribution >= 0.6 is 11.8 Å². The van der Waals surface area contributed by atoms with Crippen LogP contribution in [-0.2, 0) is 29.1 Å². The Balaban J connectivity index is 1.56. The summed E-state index contributed by atoms with van der Waals surface area (Å²) in [6, 6.07) is 10.8. The van der Waals surface area contributed by atoms with Gasteiger partial charge in [-0.2, -0.15) is 4.72 Å². The van der Waals surface area contributed by atoms with Gasteiger partial charge in [0, 0.05) is 19.7 Å². The largest absolute Gasteiger partial charge is 0.465 e. The number of ether oxygens (including phenoxy) is 3. The molecule has 2 aliphatic rings. The molecule has 0 aromatic heterocycles. The molecule has 222 valence electrons. The van der Waals surface area contributed by atoms with Gasteiger partial charge in [0.05, 0.1) is 27.4 Å². The predicted molar refractivity (Wildman–Crippen MR) is 153 cm³/mol. The van der Waals surface area contributed by atoms with Gasteiger partial charge in [-0.15, -0.1) is 0 Å². The van der Waals surface area contributed by atoms with Crippen molar-refractivity contribution in [2.75, 3.05) is 32.8 Å². The van der Waals surface area contributed by atoms with Crippen LogP contribution in [-0.4, -0.2) is 76.1 Å². The van der Waals surface area contributed by atoms with Crippen LogP contribution in [0.25, 0.3) is 0 Å². The molecule has 1 saturated heterocycles. The summed E-state index contributed by atoms with van der Waals surface area (Å²) >= 11 is 1.40. The summed E-state index contributed by atoms with van der Waals surface area (Å²) in [5.74, 6) is -0.0294. The first-order valence-corrected chi connectivity index (χ1v) is 15.7. The summed E-state index contributed by atoms with van der Waals surface area (Å²) in [6.07, 6.45) is 1.72. The molecule has 2 aromatic rings. The van der Waals surface area contributed by atoms with Gasteiger partial charge in [-0.3, -0.25) is 14.6 Å². The maximum atomic E-state index is 13.8. The molecule has 4 rings (SSSR count). The molecule has 0 aliphatic carbocycles. The van der Waals surface area contributed by atoms with Gasteiger partial charge < -0.3 is 30.6 Å². The highest BCUT2D eigenvalue weighted by Crippen LogP contribution is 2.47. The quantitative estimate of drug-likeness (QED) is 0.113. The van der Waals surface area contributed by atoms with Gasteiger partial charge in [0.25, 0.3) is 0 Å². The van der Waals surface area contributed by atoms with Crippen molar-refractivity contribution in [1.82, 2.24) is 9.62 Å². The summed E-state index contributed by atoms with van der Waals surface area (Å²) in [4.78, 5) is 32.9. The Labute approximate surface area is 243 Å². The Morgan fingerprint density at radius 1 is 1.20 bits per heavy atom. The van der Waals surface area contributed by atoms with Crippen molar-refractivity contribution in [3.05, 3.63) is 42.5 Å². The van der Waals surface area contributed by atoms with Crippen molar-refractivity contribution in [1.29, 1.82) is 0 Å². The molecule has 5 N–H and O–H groups in total. The molecular formula is C27H35N5O7S2. The van der Waals surface area contributed by atoms with Crippen molar-refractivity contribution in [2.45, 2.75) is 59.4 Å². The van der Waals surface area contributed by atoms with Gasteiger partial charge >= 0.3 is 5.97 Å². The summed E-state index contributed by atoms with van der Waals surface area (Å²) in [5.41, 5.74) is 10.8. The van der Waals surface area contributed by atoms with E-state index in [4.69, 9.17) is 25.7 Å². The molecule has 2 aliphatic heterocycles. The number of fused-ring (bicyclic) bond motifs is 2. The lowest BCUT2D eigenvalue weighted by Gasteiger charge is -2.29. The molecule has 1 amide bonds.